The van der Waals surface area contributed by atoms with Crippen LogP contribution in [0.2, 0.25) is 0 Å². The molecule has 1 heterocycles. The van der Waals surface area contributed by atoms with Crippen LogP contribution in [0.4, 0.5) is 5.69 Å². The predicted molar refractivity (Wildman–Crippen MR) is 187 cm³/mol. The molecule has 5 aromatic carbocycles. The van der Waals surface area contributed by atoms with Gasteiger partial charge in [-0.05, 0) is 69.8 Å². The Balaban J connectivity index is 1.53. The topological polar surface area (TPSA) is 82.1 Å². The summed E-state index contributed by atoms with van der Waals surface area (Å²) in [5.41, 5.74) is 1.65. The van der Waals surface area contributed by atoms with Gasteiger partial charge in [0.1, 0.15) is 17.2 Å². The fourth-order valence-electron chi connectivity index (χ4n) is 8.64. The van der Waals surface area contributed by atoms with E-state index in [0.717, 1.165) is 11.1 Å². The minimum atomic E-state index is -1.51. The van der Waals surface area contributed by atoms with E-state index >= 15 is 14.4 Å². The van der Waals surface area contributed by atoms with Crippen LogP contribution >= 0.6 is 0 Å². The molecule has 2 fully saturated rings. The van der Waals surface area contributed by atoms with Gasteiger partial charge in [-0.1, -0.05) is 91.0 Å². The van der Waals surface area contributed by atoms with Crippen molar-refractivity contribution in [3.63, 3.8) is 0 Å². The molecule has 2 amide bonds. The average Bonchev–Trinajstić information content (AvgIpc) is 3.67. The molecule has 5 aromatic rings. The number of nitrogens with zero attached hydrogens (tertiary/aromatic N) is 1. The van der Waals surface area contributed by atoms with Gasteiger partial charge in [-0.2, -0.15) is 0 Å². The van der Waals surface area contributed by atoms with Crippen LogP contribution in [0.3, 0.4) is 0 Å². The monoisotopic (exact) mass is 647 g/mol. The Hall–Kier alpha value is -5.95. The van der Waals surface area contributed by atoms with E-state index in [1.807, 2.05) is 109 Å². The summed E-state index contributed by atoms with van der Waals surface area (Å²) < 4.78 is 16.5. The number of benzene rings is 5. The lowest BCUT2D eigenvalue weighted by Crippen LogP contribution is -2.45. The van der Waals surface area contributed by atoms with E-state index in [-0.39, 0.29) is 5.78 Å². The molecule has 0 radical (unpaired) electrons. The smallest absolute Gasteiger partial charge is 0.239 e. The third kappa shape index (κ3) is 3.99. The van der Waals surface area contributed by atoms with Crippen molar-refractivity contribution < 1.29 is 28.6 Å². The summed E-state index contributed by atoms with van der Waals surface area (Å²) in [6, 6.07) is 41.1. The van der Waals surface area contributed by atoms with E-state index in [0.29, 0.717) is 45.2 Å². The predicted octanol–water partition coefficient (Wildman–Crippen LogP) is 6.90. The van der Waals surface area contributed by atoms with Gasteiger partial charge in [-0.15, -0.1) is 0 Å². The fourth-order valence-corrected chi connectivity index (χ4v) is 8.64. The molecule has 1 aliphatic heterocycles. The first-order chi connectivity index (χ1) is 23.9. The normalized spacial score (nSPS) is 24.0. The van der Waals surface area contributed by atoms with Crippen molar-refractivity contribution in [3.8, 4) is 17.2 Å². The zero-order valence-electron chi connectivity index (χ0n) is 27.3. The van der Waals surface area contributed by atoms with Gasteiger partial charge in [-0.25, -0.2) is 4.90 Å². The second-order valence-electron chi connectivity index (χ2n) is 12.6. The van der Waals surface area contributed by atoms with Crippen LogP contribution in [0.15, 0.2) is 133 Å². The summed E-state index contributed by atoms with van der Waals surface area (Å²) in [5.74, 6) is -1.25. The van der Waals surface area contributed by atoms with Crippen LogP contribution in [0.25, 0.3) is 11.1 Å². The molecule has 0 N–H and O–H groups in total. The highest BCUT2D eigenvalue weighted by Crippen LogP contribution is 2.74. The Morgan fingerprint density at radius 3 is 1.33 bits per heavy atom. The van der Waals surface area contributed by atoms with Gasteiger partial charge in [0, 0.05) is 6.07 Å². The van der Waals surface area contributed by atoms with Gasteiger partial charge in [-0.3, -0.25) is 14.4 Å². The highest BCUT2D eigenvalue weighted by molar-refractivity contribution is 6.39. The molecule has 4 atom stereocenters. The number of hydrogen-bond acceptors (Lipinski definition) is 6. The van der Waals surface area contributed by atoms with Crippen LogP contribution in [0, 0.1) is 11.8 Å². The molecule has 8 rings (SSSR count). The number of allylic oxidation sites excluding steroid dienone is 2. The number of methoxy groups -OCH3 is 3. The molecule has 7 heteroatoms. The highest BCUT2D eigenvalue weighted by atomic mass is 16.5. The zero-order valence-corrected chi connectivity index (χ0v) is 27.3. The maximum absolute atomic E-state index is 16.0. The first-order valence-corrected chi connectivity index (χ1v) is 16.1. The number of Topliss-reactive ketones (excluding diaryl/α,β-unsaturated/α-hetero) is 1. The number of carbonyl (C=O) groups is 3. The van der Waals surface area contributed by atoms with Gasteiger partial charge in [0.2, 0.25) is 11.8 Å². The molecule has 49 heavy (non-hydrogen) atoms. The molecule has 242 valence electrons. The molecule has 2 bridgehead atoms. The van der Waals surface area contributed by atoms with E-state index in [4.69, 9.17) is 14.2 Å². The molecule has 1 saturated carbocycles. The molecule has 0 spiro atoms. The number of imide groups is 1. The number of amides is 2. The zero-order chi connectivity index (χ0) is 33.9. The highest BCUT2D eigenvalue weighted by Gasteiger charge is 2.82. The second kappa shape index (κ2) is 11.3. The van der Waals surface area contributed by atoms with Crippen molar-refractivity contribution in [1.82, 2.24) is 0 Å². The quantitative estimate of drug-likeness (QED) is 0.171. The summed E-state index contributed by atoms with van der Waals surface area (Å²) in [6.45, 7) is 0. The summed E-state index contributed by atoms with van der Waals surface area (Å²) in [7, 11) is 4.75. The molecule has 2 aliphatic carbocycles. The lowest BCUT2D eigenvalue weighted by molar-refractivity contribution is -0.130. The minimum absolute atomic E-state index is 0.184. The maximum Gasteiger partial charge on any atom is 0.239 e. The molecule has 1 saturated heterocycles. The average molecular weight is 648 g/mol. The first kappa shape index (κ1) is 30.4. The third-order valence-corrected chi connectivity index (χ3v) is 10.5. The van der Waals surface area contributed by atoms with Gasteiger partial charge >= 0.3 is 0 Å². The number of rotatable bonds is 8. The molecular weight excluding hydrogens is 614 g/mol. The Morgan fingerprint density at radius 1 is 0.490 bits per heavy atom. The molecule has 7 nitrogen and oxygen atoms in total. The summed E-state index contributed by atoms with van der Waals surface area (Å²) in [4.78, 5) is 47.6. The van der Waals surface area contributed by atoms with E-state index in [9.17, 15) is 0 Å². The van der Waals surface area contributed by atoms with Crippen molar-refractivity contribution >= 4 is 34.4 Å². The number of ketones is 1. The van der Waals surface area contributed by atoms with Crippen LogP contribution in [-0.2, 0) is 25.2 Å². The van der Waals surface area contributed by atoms with Crippen molar-refractivity contribution in [1.29, 1.82) is 0 Å². The van der Waals surface area contributed by atoms with Crippen molar-refractivity contribution in [3.05, 3.63) is 156 Å². The second-order valence-corrected chi connectivity index (χ2v) is 12.6. The minimum Gasteiger partial charge on any atom is -0.497 e. The summed E-state index contributed by atoms with van der Waals surface area (Å²) in [5, 5.41) is 0. The van der Waals surface area contributed by atoms with E-state index < -0.39 is 34.5 Å². The first-order valence-electron chi connectivity index (χ1n) is 16.1. The van der Waals surface area contributed by atoms with Gasteiger partial charge in [0.05, 0.1) is 49.7 Å². The number of carbonyl (C=O) groups excluding carboxylic acids is 3. The van der Waals surface area contributed by atoms with Crippen LogP contribution in [0.5, 0.6) is 17.2 Å². The van der Waals surface area contributed by atoms with Crippen LogP contribution in [-0.4, -0.2) is 38.9 Å². The van der Waals surface area contributed by atoms with E-state index in [2.05, 4.69) is 0 Å². The van der Waals surface area contributed by atoms with E-state index in [1.54, 1.807) is 45.6 Å². The van der Waals surface area contributed by atoms with Crippen molar-refractivity contribution in [2.45, 2.75) is 10.8 Å². The number of ether oxygens (including phenoxy) is 3. The SMILES string of the molecule is COc1ccc(C2=C(c3ccc(OC)cc3)[C@@]3(c4ccccc4)C(=O)[C@@]2(c2ccccc2)[C@H]2C(=O)N(c4cccc(OC)c4)C(=O)[C@@H]23)cc1. The Labute approximate surface area is 284 Å². The molecule has 0 aromatic heterocycles. The van der Waals surface area contributed by atoms with Crippen LogP contribution < -0.4 is 19.1 Å². The maximum atomic E-state index is 16.0. The Bertz CT molecular complexity index is 2010. The van der Waals surface area contributed by atoms with Crippen molar-refractivity contribution in [2.24, 2.45) is 11.8 Å². The molecule has 3 aliphatic rings. The molecular formula is C42H33NO6. The van der Waals surface area contributed by atoms with Gasteiger partial charge in [0.15, 0.2) is 5.78 Å². The van der Waals surface area contributed by atoms with Crippen LogP contribution in [0.1, 0.15) is 22.3 Å². The summed E-state index contributed by atoms with van der Waals surface area (Å²) in [6.07, 6.45) is 0. The largest absolute Gasteiger partial charge is 0.497 e. The fraction of sp³-hybridized carbons (Fsp3) is 0.167. The Kier molecular flexibility index (Phi) is 7.03. The Morgan fingerprint density at radius 2 is 0.918 bits per heavy atom. The number of anilines is 1. The van der Waals surface area contributed by atoms with Gasteiger partial charge < -0.3 is 14.2 Å². The number of fused-ring (bicyclic) bond motifs is 5. The lowest BCUT2D eigenvalue weighted by atomic mass is 9.59. The van der Waals surface area contributed by atoms with Gasteiger partial charge in [0.25, 0.3) is 0 Å². The van der Waals surface area contributed by atoms with Crippen molar-refractivity contribution in [2.75, 3.05) is 26.2 Å². The van der Waals surface area contributed by atoms with E-state index in [1.165, 1.54) is 4.90 Å². The lowest BCUT2D eigenvalue weighted by Gasteiger charge is -2.39. The standard InChI is InChI=1S/C42H33NO6/c1-47-31-21-17-26(18-22-31)34-35(27-19-23-32(48-2)24-20-27)42(29-13-8-5-9-14-29)37-36(41(34,40(42)46)28-11-6-4-7-12-28)38(44)43(39(37)45)30-15-10-16-33(25-30)49-3/h4-25,36-37H,1-3H3/t36-,37-,41-,42-/m1/s1. The molecule has 0 unspecified atom stereocenters. The third-order valence-electron chi connectivity index (χ3n) is 10.5. The number of hydrogen-bond donors (Lipinski definition) is 0. The summed E-state index contributed by atoms with van der Waals surface area (Å²) >= 11 is 0.